The molecule has 0 aliphatic carbocycles. The van der Waals surface area contributed by atoms with Crippen LogP contribution in [0.5, 0.6) is 5.75 Å². The van der Waals surface area contributed by atoms with Crippen LogP contribution in [0, 0.1) is 13.8 Å². The van der Waals surface area contributed by atoms with Crippen molar-refractivity contribution in [2.45, 2.75) is 19.0 Å². The van der Waals surface area contributed by atoms with Gasteiger partial charge in [0, 0.05) is 23.0 Å². The summed E-state index contributed by atoms with van der Waals surface area (Å²) in [5.41, 5.74) is 3.76. The van der Waals surface area contributed by atoms with Crippen LogP contribution < -0.4 is 10.1 Å². The molecule has 1 N–H and O–H groups in total. The van der Waals surface area contributed by atoms with E-state index in [-0.39, 0.29) is 11.7 Å². The highest BCUT2D eigenvalue weighted by Crippen LogP contribution is 2.31. The first kappa shape index (κ1) is 23.8. The zero-order chi connectivity index (χ0) is 23.9. The molecule has 1 amide bonds. The fourth-order valence-corrected chi connectivity index (χ4v) is 4.30. The molecule has 9 heteroatoms. The van der Waals surface area contributed by atoms with Crippen LogP contribution in [-0.2, 0) is 4.79 Å². The molecule has 0 spiro atoms. The Morgan fingerprint density at radius 2 is 1.88 bits per heavy atom. The summed E-state index contributed by atoms with van der Waals surface area (Å²) in [6, 6.07) is 17.2. The molecule has 2 heterocycles. The van der Waals surface area contributed by atoms with Crippen molar-refractivity contribution in [1.29, 1.82) is 0 Å². The van der Waals surface area contributed by atoms with Gasteiger partial charge in [-0.2, -0.15) is 0 Å². The molecule has 0 atom stereocenters. The monoisotopic (exact) mass is 493 g/mol. The zero-order valence-electron chi connectivity index (χ0n) is 18.9. The summed E-state index contributed by atoms with van der Waals surface area (Å²) in [5, 5.41) is 12.9. The number of ether oxygens (including phenoxy) is 1. The predicted molar refractivity (Wildman–Crippen MR) is 135 cm³/mol. The highest BCUT2D eigenvalue weighted by molar-refractivity contribution is 7.99. The maximum Gasteiger partial charge on any atom is 0.230 e. The first-order valence-corrected chi connectivity index (χ1v) is 12.1. The van der Waals surface area contributed by atoms with E-state index in [1.165, 1.54) is 11.8 Å². The van der Waals surface area contributed by atoms with Gasteiger partial charge in [-0.05, 0) is 61.4 Å². The summed E-state index contributed by atoms with van der Waals surface area (Å²) in [6.07, 6.45) is 3.41. The van der Waals surface area contributed by atoms with Gasteiger partial charge in [-0.15, -0.1) is 10.2 Å². The minimum Gasteiger partial charge on any atom is -0.492 e. The lowest BCUT2D eigenvalue weighted by atomic mass is 10.2. The number of thioether (sulfide) groups is 1. The minimum atomic E-state index is -0.110. The Labute approximate surface area is 207 Å². The third-order valence-corrected chi connectivity index (χ3v) is 6.41. The lowest BCUT2D eigenvalue weighted by Gasteiger charge is -2.14. The summed E-state index contributed by atoms with van der Waals surface area (Å²) in [5.74, 6) is 1.53. The number of rotatable bonds is 9. The van der Waals surface area contributed by atoms with E-state index in [1.807, 2.05) is 73.0 Å². The van der Waals surface area contributed by atoms with Crippen LogP contribution in [-0.4, -0.2) is 44.6 Å². The molecular formula is C25H24ClN5O2S. The van der Waals surface area contributed by atoms with Gasteiger partial charge in [0.1, 0.15) is 12.4 Å². The van der Waals surface area contributed by atoms with Crippen molar-refractivity contribution in [3.63, 3.8) is 0 Å². The van der Waals surface area contributed by atoms with Crippen LogP contribution >= 0.6 is 23.4 Å². The van der Waals surface area contributed by atoms with E-state index >= 15 is 0 Å². The normalized spacial score (nSPS) is 10.8. The van der Waals surface area contributed by atoms with Gasteiger partial charge in [0.25, 0.3) is 0 Å². The van der Waals surface area contributed by atoms with Gasteiger partial charge in [-0.1, -0.05) is 41.6 Å². The Bertz CT molecular complexity index is 1280. The van der Waals surface area contributed by atoms with Gasteiger partial charge in [0.05, 0.1) is 18.0 Å². The van der Waals surface area contributed by atoms with Crippen molar-refractivity contribution >= 4 is 29.3 Å². The maximum atomic E-state index is 12.5. The van der Waals surface area contributed by atoms with E-state index in [0.29, 0.717) is 29.2 Å². The quantitative estimate of drug-likeness (QED) is 0.264. The Balaban J connectivity index is 1.44. The van der Waals surface area contributed by atoms with Gasteiger partial charge < -0.3 is 10.1 Å². The van der Waals surface area contributed by atoms with Crippen LogP contribution in [0.4, 0.5) is 0 Å². The second kappa shape index (κ2) is 11.2. The molecule has 2 aromatic heterocycles. The Hall–Kier alpha value is -3.36. The SMILES string of the molecule is Cc1cccc(OCCNC(=O)CSc2nnc(-c3ccncc3)n2-c2cccc(Cl)c2C)c1. The van der Waals surface area contributed by atoms with E-state index < -0.39 is 0 Å². The molecule has 2 aromatic carbocycles. The molecule has 7 nitrogen and oxygen atoms in total. The lowest BCUT2D eigenvalue weighted by Crippen LogP contribution is -2.29. The maximum absolute atomic E-state index is 12.5. The molecular weight excluding hydrogens is 470 g/mol. The van der Waals surface area contributed by atoms with E-state index in [4.69, 9.17) is 16.3 Å². The van der Waals surface area contributed by atoms with E-state index in [9.17, 15) is 4.79 Å². The second-order valence-corrected chi connectivity index (χ2v) is 8.91. The molecule has 0 aliphatic heterocycles. The molecule has 4 rings (SSSR count). The molecule has 0 fully saturated rings. The molecule has 0 unspecified atom stereocenters. The van der Waals surface area contributed by atoms with Gasteiger partial charge in [-0.3, -0.25) is 14.3 Å². The molecule has 0 saturated carbocycles. The zero-order valence-corrected chi connectivity index (χ0v) is 20.4. The molecule has 0 aliphatic rings. The number of carbonyl (C=O) groups is 1. The van der Waals surface area contributed by atoms with Crippen LogP contribution in [0.25, 0.3) is 17.1 Å². The fraction of sp³-hybridized carbons (Fsp3) is 0.200. The van der Waals surface area contributed by atoms with Crippen molar-refractivity contribution in [2.75, 3.05) is 18.9 Å². The molecule has 0 radical (unpaired) electrons. The van der Waals surface area contributed by atoms with E-state index in [2.05, 4.69) is 20.5 Å². The van der Waals surface area contributed by atoms with Crippen molar-refractivity contribution in [3.8, 4) is 22.8 Å². The predicted octanol–water partition coefficient (Wildman–Crippen LogP) is 4.89. The van der Waals surface area contributed by atoms with Gasteiger partial charge in [0.2, 0.25) is 5.91 Å². The number of hydrogen-bond acceptors (Lipinski definition) is 6. The molecule has 174 valence electrons. The molecule has 34 heavy (non-hydrogen) atoms. The minimum absolute atomic E-state index is 0.110. The summed E-state index contributed by atoms with van der Waals surface area (Å²) >= 11 is 7.70. The largest absolute Gasteiger partial charge is 0.492 e. The summed E-state index contributed by atoms with van der Waals surface area (Å²) in [6.45, 7) is 4.76. The highest BCUT2D eigenvalue weighted by atomic mass is 35.5. The number of pyridine rings is 1. The summed E-state index contributed by atoms with van der Waals surface area (Å²) < 4.78 is 7.61. The topological polar surface area (TPSA) is 81.9 Å². The van der Waals surface area contributed by atoms with Crippen molar-refractivity contribution in [2.24, 2.45) is 0 Å². The molecule has 0 saturated heterocycles. The van der Waals surface area contributed by atoms with E-state index in [0.717, 1.165) is 28.1 Å². The first-order valence-electron chi connectivity index (χ1n) is 10.7. The number of halogens is 1. The van der Waals surface area contributed by atoms with Crippen LogP contribution in [0.3, 0.4) is 0 Å². The van der Waals surface area contributed by atoms with Gasteiger partial charge in [0.15, 0.2) is 11.0 Å². The number of hydrogen-bond donors (Lipinski definition) is 1. The van der Waals surface area contributed by atoms with Crippen molar-refractivity contribution in [1.82, 2.24) is 25.1 Å². The standard InChI is InChI=1S/C25H24ClN5O2S/c1-17-5-3-6-20(15-17)33-14-13-28-23(32)16-34-25-30-29-24(19-9-11-27-12-10-19)31(25)22-8-4-7-21(26)18(22)2/h3-12,15H,13-14,16H2,1-2H3,(H,28,32). The number of nitrogens with one attached hydrogen (secondary N) is 1. The van der Waals surface area contributed by atoms with Crippen LogP contribution in [0.15, 0.2) is 72.1 Å². The fourth-order valence-electron chi connectivity index (χ4n) is 3.35. The number of amides is 1. The number of aromatic nitrogens is 4. The third kappa shape index (κ3) is 5.76. The van der Waals surface area contributed by atoms with Gasteiger partial charge in [-0.25, -0.2) is 0 Å². The number of aryl methyl sites for hydroxylation is 1. The molecule has 4 aromatic rings. The summed E-state index contributed by atoms with van der Waals surface area (Å²) in [7, 11) is 0. The Morgan fingerprint density at radius 1 is 1.09 bits per heavy atom. The smallest absolute Gasteiger partial charge is 0.230 e. The third-order valence-electron chi connectivity index (χ3n) is 5.07. The second-order valence-electron chi connectivity index (χ2n) is 7.57. The molecule has 0 bridgehead atoms. The van der Waals surface area contributed by atoms with Gasteiger partial charge >= 0.3 is 0 Å². The Kier molecular flexibility index (Phi) is 7.82. The van der Waals surface area contributed by atoms with E-state index in [1.54, 1.807) is 12.4 Å². The average Bonchev–Trinajstić information content (AvgIpc) is 3.26. The Morgan fingerprint density at radius 3 is 2.68 bits per heavy atom. The van der Waals surface area contributed by atoms with Crippen LogP contribution in [0.2, 0.25) is 5.02 Å². The lowest BCUT2D eigenvalue weighted by molar-refractivity contribution is -0.118. The summed E-state index contributed by atoms with van der Waals surface area (Å²) in [4.78, 5) is 16.5. The number of nitrogens with zero attached hydrogens (tertiary/aromatic N) is 4. The van der Waals surface area contributed by atoms with Crippen molar-refractivity contribution in [3.05, 3.63) is 83.1 Å². The number of benzene rings is 2. The van der Waals surface area contributed by atoms with Crippen LogP contribution in [0.1, 0.15) is 11.1 Å². The average molecular weight is 494 g/mol. The number of carbonyl (C=O) groups excluding carboxylic acids is 1. The van der Waals surface area contributed by atoms with Crippen molar-refractivity contribution < 1.29 is 9.53 Å². The highest BCUT2D eigenvalue weighted by Gasteiger charge is 2.19. The first-order chi connectivity index (χ1) is 16.5.